The van der Waals surface area contributed by atoms with Crippen molar-refractivity contribution in [2.24, 2.45) is 0 Å². The van der Waals surface area contributed by atoms with Crippen LogP contribution in [0.15, 0.2) is 36.5 Å². The summed E-state index contributed by atoms with van der Waals surface area (Å²) in [5.74, 6) is 0.876. The Morgan fingerprint density at radius 1 is 1.24 bits per heavy atom. The van der Waals surface area contributed by atoms with Crippen molar-refractivity contribution in [3.05, 3.63) is 58.9 Å². The molecule has 1 unspecified atom stereocenters. The third-order valence-corrected chi connectivity index (χ3v) is 3.55. The Kier molecular flexibility index (Phi) is 5.34. The molecule has 3 nitrogen and oxygen atoms in total. The van der Waals surface area contributed by atoms with Crippen LogP contribution in [-0.4, -0.2) is 18.6 Å². The van der Waals surface area contributed by atoms with E-state index in [0.717, 1.165) is 24.4 Å². The maximum absolute atomic E-state index is 5.35. The molecule has 1 aromatic carbocycles. The van der Waals surface area contributed by atoms with Crippen LogP contribution in [0.4, 0.5) is 0 Å². The van der Waals surface area contributed by atoms with Gasteiger partial charge >= 0.3 is 0 Å². The Morgan fingerprint density at radius 3 is 2.71 bits per heavy atom. The molecule has 0 spiro atoms. The molecular weight excluding hydrogens is 260 g/mol. The van der Waals surface area contributed by atoms with Gasteiger partial charge in [0, 0.05) is 6.20 Å². The average molecular weight is 284 g/mol. The first-order valence-electron chi connectivity index (χ1n) is 7.46. The fourth-order valence-electron chi connectivity index (χ4n) is 2.51. The maximum Gasteiger partial charge on any atom is 0.119 e. The molecule has 1 heterocycles. The number of hydrogen-bond acceptors (Lipinski definition) is 3. The van der Waals surface area contributed by atoms with Gasteiger partial charge in [0.25, 0.3) is 0 Å². The summed E-state index contributed by atoms with van der Waals surface area (Å²) in [6.07, 6.45) is 3.02. The highest BCUT2D eigenvalue weighted by Crippen LogP contribution is 2.26. The van der Waals surface area contributed by atoms with Gasteiger partial charge < -0.3 is 10.1 Å². The van der Waals surface area contributed by atoms with Gasteiger partial charge in [-0.2, -0.15) is 0 Å². The van der Waals surface area contributed by atoms with Crippen LogP contribution in [0.1, 0.15) is 41.8 Å². The van der Waals surface area contributed by atoms with Gasteiger partial charge in [0.1, 0.15) is 5.75 Å². The molecule has 0 aliphatic carbocycles. The zero-order chi connectivity index (χ0) is 15.2. The van der Waals surface area contributed by atoms with Crippen LogP contribution < -0.4 is 10.1 Å². The van der Waals surface area contributed by atoms with Crippen molar-refractivity contribution in [3.63, 3.8) is 0 Å². The lowest BCUT2D eigenvalue weighted by molar-refractivity contribution is 0.413. The summed E-state index contributed by atoms with van der Waals surface area (Å²) < 4.78 is 5.35. The van der Waals surface area contributed by atoms with Crippen LogP contribution in [0.25, 0.3) is 0 Å². The molecule has 1 aromatic heterocycles. The molecule has 0 aliphatic rings. The number of hydrogen-bond donors (Lipinski definition) is 1. The molecule has 0 radical (unpaired) electrons. The lowest BCUT2D eigenvalue weighted by Crippen LogP contribution is -2.25. The quantitative estimate of drug-likeness (QED) is 0.876. The average Bonchev–Trinajstić information content (AvgIpc) is 2.49. The lowest BCUT2D eigenvalue weighted by atomic mass is 9.98. The number of rotatable bonds is 6. The number of aromatic nitrogens is 1. The first-order valence-corrected chi connectivity index (χ1v) is 7.46. The topological polar surface area (TPSA) is 34.1 Å². The molecule has 112 valence electrons. The first kappa shape index (κ1) is 15.5. The van der Waals surface area contributed by atoms with Crippen molar-refractivity contribution in [3.8, 4) is 5.75 Å². The summed E-state index contributed by atoms with van der Waals surface area (Å²) in [4.78, 5) is 4.66. The number of pyridine rings is 1. The SMILES string of the molecule is CCCNC(c1cccc(OC)c1)c1ncc(C)cc1C. The lowest BCUT2D eigenvalue weighted by Gasteiger charge is -2.21. The molecule has 2 aromatic rings. The second-order valence-electron chi connectivity index (χ2n) is 5.38. The second kappa shape index (κ2) is 7.23. The molecular formula is C18H24N2O. The second-order valence-corrected chi connectivity index (χ2v) is 5.38. The molecule has 0 saturated carbocycles. The highest BCUT2D eigenvalue weighted by molar-refractivity contribution is 5.37. The van der Waals surface area contributed by atoms with Gasteiger partial charge in [-0.15, -0.1) is 0 Å². The van der Waals surface area contributed by atoms with Gasteiger partial charge in [-0.1, -0.05) is 25.1 Å². The van der Waals surface area contributed by atoms with Crippen LogP contribution in [-0.2, 0) is 0 Å². The fraction of sp³-hybridized carbons (Fsp3) is 0.389. The molecule has 2 rings (SSSR count). The number of methoxy groups -OCH3 is 1. The molecule has 21 heavy (non-hydrogen) atoms. The van der Waals surface area contributed by atoms with E-state index in [-0.39, 0.29) is 6.04 Å². The van der Waals surface area contributed by atoms with Gasteiger partial charge in [-0.25, -0.2) is 0 Å². The Morgan fingerprint density at radius 2 is 2.05 bits per heavy atom. The van der Waals surface area contributed by atoms with E-state index in [0.29, 0.717) is 0 Å². The molecule has 1 atom stereocenters. The van der Waals surface area contributed by atoms with Gasteiger partial charge in [-0.3, -0.25) is 4.98 Å². The van der Waals surface area contributed by atoms with Crippen LogP contribution in [0.5, 0.6) is 5.75 Å². The number of nitrogens with one attached hydrogen (secondary N) is 1. The number of nitrogens with zero attached hydrogens (tertiary/aromatic N) is 1. The zero-order valence-electron chi connectivity index (χ0n) is 13.3. The summed E-state index contributed by atoms with van der Waals surface area (Å²) >= 11 is 0. The largest absolute Gasteiger partial charge is 0.497 e. The van der Waals surface area contributed by atoms with Crippen molar-refractivity contribution >= 4 is 0 Å². The minimum atomic E-state index is 0.0978. The predicted molar refractivity (Wildman–Crippen MR) is 86.8 cm³/mol. The fourth-order valence-corrected chi connectivity index (χ4v) is 2.51. The van der Waals surface area contributed by atoms with E-state index in [4.69, 9.17) is 4.74 Å². The van der Waals surface area contributed by atoms with Crippen molar-refractivity contribution in [2.45, 2.75) is 33.2 Å². The Hall–Kier alpha value is -1.87. The minimum Gasteiger partial charge on any atom is -0.497 e. The Labute approximate surface area is 127 Å². The van der Waals surface area contributed by atoms with Crippen molar-refractivity contribution in [2.75, 3.05) is 13.7 Å². The third-order valence-electron chi connectivity index (χ3n) is 3.55. The third kappa shape index (κ3) is 3.82. The minimum absolute atomic E-state index is 0.0978. The molecule has 0 saturated heterocycles. The summed E-state index contributed by atoms with van der Waals surface area (Å²) in [5, 5.41) is 3.60. The molecule has 0 fully saturated rings. The van der Waals surface area contributed by atoms with Crippen molar-refractivity contribution in [1.29, 1.82) is 0 Å². The van der Waals surface area contributed by atoms with E-state index in [2.05, 4.69) is 49.3 Å². The Balaban J connectivity index is 2.41. The normalized spacial score (nSPS) is 12.2. The molecule has 3 heteroatoms. The van der Waals surface area contributed by atoms with E-state index >= 15 is 0 Å². The van der Waals surface area contributed by atoms with Crippen LogP contribution >= 0.6 is 0 Å². The van der Waals surface area contributed by atoms with E-state index in [1.165, 1.54) is 16.7 Å². The van der Waals surface area contributed by atoms with E-state index in [9.17, 15) is 0 Å². The van der Waals surface area contributed by atoms with Gasteiger partial charge in [0.2, 0.25) is 0 Å². The number of aryl methyl sites for hydroxylation is 2. The highest BCUT2D eigenvalue weighted by Gasteiger charge is 2.17. The number of benzene rings is 1. The van der Waals surface area contributed by atoms with Crippen molar-refractivity contribution in [1.82, 2.24) is 10.3 Å². The monoisotopic (exact) mass is 284 g/mol. The van der Waals surface area contributed by atoms with Gasteiger partial charge in [-0.05, 0) is 55.6 Å². The molecule has 0 amide bonds. The van der Waals surface area contributed by atoms with Crippen LogP contribution in [0.3, 0.4) is 0 Å². The van der Waals surface area contributed by atoms with Crippen molar-refractivity contribution < 1.29 is 4.74 Å². The highest BCUT2D eigenvalue weighted by atomic mass is 16.5. The summed E-state index contributed by atoms with van der Waals surface area (Å²) in [6, 6.07) is 10.5. The summed E-state index contributed by atoms with van der Waals surface area (Å²) in [5.41, 5.74) is 4.67. The smallest absolute Gasteiger partial charge is 0.119 e. The van der Waals surface area contributed by atoms with E-state index < -0.39 is 0 Å². The standard InChI is InChI=1S/C18H24N2O/c1-5-9-19-18(15-7-6-8-16(11-15)21-4)17-14(3)10-13(2)12-20-17/h6-8,10-12,18-19H,5,9H2,1-4H3. The summed E-state index contributed by atoms with van der Waals surface area (Å²) in [7, 11) is 1.70. The van der Waals surface area contributed by atoms with E-state index in [1.807, 2.05) is 18.3 Å². The maximum atomic E-state index is 5.35. The number of ether oxygens (including phenoxy) is 1. The first-order chi connectivity index (χ1) is 10.2. The van der Waals surface area contributed by atoms with Crippen LogP contribution in [0, 0.1) is 13.8 Å². The Bertz CT molecular complexity index is 596. The molecule has 0 aliphatic heterocycles. The van der Waals surface area contributed by atoms with Gasteiger partial charge in [0.15, 0.2) is 0 Å². The van der Waals surface area contributed by atoms with Crippen LogP contribution in [0.2, 0.25) is 0 Å². The zero-order valence-corrected chi connectivity index (χ0v) is 13.3. The van der Waals surface area contributed by atoms with Gasteiger partial charge in [0.05, 0.1) is 18.8 Å². The van der Waals surface area contributed by atoms with E-state index in [1.54, 1.807) is 7.11 Å². The predicted octanol–water partition coefficient (Wildman–Crippen LogP) is 3.80. The molecule has 1 N–H and O–H groups in total. The summed E-state index contributed by atoms with van der Waals surface area (Å²) in [6.45, 7) is 7.32. The molecule has 0 bridgehead atoms.